The van der Waals surface area contributed by atoms with Crippen molar-refractivity contribution in [1.29, 1.82) is 0 Å². The number of carbonyl (C=O) groups is 1. The van der Waals surface area contributed by atoms with E-state index in [-0.39, 0.29) is 22.9 Å². The summed E-state index contributed by atoms with van der Waals surface area (Å²) in [5.74, 6) is 1.15. The maximum absolute atomic E-state index is 11.4. The topological polar surface area (TPSA) is 88.3 Å². The van der Waals surface area contributed by atoms with E-state index in [4.69, 9.17) is 9.47 Å². The Balaban J connectivity index is 1.66. The van der Waals surface area contributed by atoms with Gasteiger partial charge in [-0.15, -0.1) is 0 Å². The Kier molecular flexibility index (Phi) is 5.33. The predicted molar refractivity (Wildman–Crippen MR) is 113 cm³/mol. The number of aliphatic hydroxyl groups excluding tert-OH is 1. The molecule has 2 N–H and O–H groups in total. The maximum Gasteiger partial charge on any atom is 0.302 e. The number of ether oxygens (including phenoxy) is 2. The molecule has 0 bridgehead atoms. The summed E-state index contributed by atoms with van der Waals surface area (Å²) in [6.07, 6.45) is 8.20. The van der Waals surface area contributed by atoms with Crippen molar-refractivity contribution >= 4 is 11.7 Å². The second-order valence-corrected chi connectivity index (χ2v) is 10.6. The summed E-state index contributed by atoms with van der Waals surface area (Å²) >= 11 is 0. The van der Waals surface area contributed by atoms with Crippen LogP contribution in [-0.4, -0.2) is 46.9 Å². The highest BCUT2D eigenvalue weighted by atomic mass is 16.5. The SMILES string of the molecule is CO[C@]1(/C(C)=N\O)[C@H](O)C[C@@H]2[C@@H]3CC=C4C[C@H](OC(C)=O)CC[C@]4(C)[C@@H]3CC[C@@]21C. The van der Waals surface area contributed by atoms with E-state index in [1.165, 1.54) is 12.5 Å². The van der Waals surface area contributed by atoms with Crippen LogP contribution in [0.4, 0.5) is 0 Å². The average molecular weight is 420 g/mol. The Morgan fingerprint density at radius 1 is 1.20 bits per heavy atom. The van der Waals surface area contributed by atoms with Crippen molar-refractivity contribution in [1.82, 2.24) is 0 Å². The lowest BCUT2D eigenvalue weighted by Gasteiger charge is -2.59. The fourth-order valence-corrected chi connectivity index (χ4v) is 8.21. The van der Waals surface area contributed by atoms with E-state index in [1.54, 1.807) is 14.0 Å². The molecule has 0 aromatic carbocycles. The van der Waals surface area contributed by atoms with Crippen LogP contribution in [0.15, 0.2) is 16.8 Å². The molecular weight excluding hydrogens is 382 g/mol. The van der Waals surface area contributed by atoms with Gasteiger partial charge in [0, 0.05) is 25.9 Å². The van der Waals surface area contributed by atoms with Crippen molar-refractivity contribution in [3.8, 4) is 0 Å². The molecule has 0 aliphatic heterocycles. The number of oxime groups is 1. The lowest BCUT2D eigenvalue weighted by Crippen LogP contribution is -2.60. The van der Waals surface area contributed by atoms with Crippen LogP contribution in [0.5, 0.6) is 0 Å². The van der Waals surface area contributed by atoms with E-state index in [1.807, 2.05) is 0 Å². The van der Waals surface area contributed by atoms with Gasteiger partial charge in [-0.05, 0) is 68.6 Å². The van der Waals surface area contributed by atoms with Gasteiger partial charge >= 0.3 is 5.97 Å². The molecule has 168 valence electrons. The number of methoxy groups -OCH3 is 1. The van der Waals surface area contributed by atoms with Crippen LogP contribution in [0, 0.1) is 28.6 Å². The molecule has 3 saturated carbocycles. The van der Waals surface area contributed by atoms with E-state index in [9.17, 15) is 15.1 Å². The molecule has 4 aliphatic carbocycles. The summed E-state index contributed by atoms with van der Waals surface area (Å²) < 4.78 is 11.5. The first-order valence-corrected chi connectivity index (χ1v) is 11.4. The molecule has 0 radical (unpaired) electrons. The smallest absolute Gasteiger partial charge is 0.302 e. The summed E-state index contributed by atoms with van der Waals surface area (Å²) in [6.45, 7) is 7.88. The number of hydrogen-bond acceptors (Lipinski definition) is 6. The molecule has 0 unspecified atom stereocenters. The molecule has 6 heteroatoms. The fourth-order valence-electron chi connectivity index (χ4n) is 8.21. The lowest BCUT2D eigenvalue weighted by molar-refractivity contribution is -0.149. The summed E-state index contributed by atoms with van der Waals surface area (Å²) in [4.78, 5) is 11.4. The van der Waals surface area contributed by atoms with Crippen molar-refractivity contribution in [3.63, 3.8) is 0 Å². The largest absolute Gasteiger partial charge is 0.462 e. The number of allylic oxidation sites excluding steroid dienone is 1. The van der Waals surface area contributed by atoms with Crippen molar-refractivity contribution < 1.29 is 24.6 Å². The Morgan fingerprint density at radius 2 is 1.93 bits per heavy atom. The summed E-state index contributed by atoms with van der Waals surface area (Å²) in [5.41, 5.74) is 0.852. The second-order valence-electron chi connectivity index (χ2n) is 10.6. The van der Waals surface area contributed by atoms with Crippen LogP contribution in [-0.2, 0) is 14.3 Å². The van der Waals surface area contributed by atoms with Gasteiger partial charge < -0.3 is 19.8 Å². The monoisotopic (exact) mass is 419 g/mol. The number of nitrogens with zero attached hydrogens (tertiary/aromatic N) is 1. The second kappa shape index (κ2) is 7.33. The van der Waals surface area contributed by atoms with Gasteiger partial charge in [-0.2, -0.15) is 0 Å². The lowest BCUT2D eigenvalue weighted by atomic mass is 9.46. The summed E-state index contributed by atoms with van der Waals surface area (Å²) in [5, 5.41) is 24.2. The van der Waals surface area contributed by atoms with E-state index in [0.717, 1.165) is 38.5 Å². The van der Waals surface area contributed by atoms with Crippen LogP contribution in [0.3, 0.4) is 0 Å². The highest BCUT2D eigenvalue weighted by molar-refractivity contribution is 5.92. The highest BCUT2D eigenvalue weighted by Gasteiger charge is 2.69. The summed E-state index contributed by atoms with van der Waals surface area (Å²) in [6, 6.07) is 0. The first kappa shape index (κ1) is 21.8. The number of carbonyl (C=O) groups excluding carboxylic acids is 1. The zero-order chi connectivity index (χ0) is 21.9. The average Bonchev–Trinajstić information content (AvgIpc) is 2.94. The number of hydrogen-bond donors (Lipinski definition) is 2. The third kappa shape index (κ3) is 2.75. The van der Waals surface area contributed by atoms with E-state index in [0.29, 0.717) is 29.9 Å². The first-order valence-electron chi connectivity index (χ1n) is 11.4. The van der Waals surface area contributed by atoms with E-state index < -0.39 is 11.7 Å². The van der Waals surface area contributed by atoms with Crippen molar-refractivity contribution in [2.75, 3.05) is 7.11 Å². The molecule has 0 heterocycles. The molecule has 4 rings (SSSR count). The molecule has 0 amide bonds. The molecular formula is C24H37NO5. The molecule has 3 fully saturated rings. The van der Waals surface area contributed by atoms with Crippen molar-refractivity contribution in [2.24, 2.45) is 33.7 Å². The Morgan fingerprint density at radius 3 is 2.57 bits per heavy atom. The van der Waals surface area contributed by atoms with Gasteiger partial charge in [-0.25, -0.2) is 0 Å². The van der Waals surface area contributed by atoms with Gasteiger partial charge in [-0.3, -0.25) is 4.79 Å². The fraction of sp³-hybridized carbons (Fsp3) is 0.833. The minimum atomic E-state index is -0.935. The van der Waals surface area contributed by atoms with Crippen LogP contribution >= 0.6 is 0 Å². The molecule has 8 atom stereocenters. The third-order valence-electron chi connectivity index (χ3n) is 9.59. The van der Waals surface area contributed by atoms with Gasteiger partial charge in [-0.1, -0.05) is 30.7 Å². The molecule has 4 aliphatic rings. The maximum atomic E-state index is 11.4. The minimum absolute atomic E-state index is 0.00471. The Hall–Kier alpha value is -1.40. The quantitative estimate of drug-likeness (QED) is 0.236. The highest BCUT2D eigenvalue weighted by Crippen LogP contribution is 2.68. The summed E-state index contributed by atoms with van der Waals surface area (Å²) in [7, 11) is 1.63. The molecule has 0 saturated heterocycles. The minimum Gasteiger partial charge on any atom is -0.462 e. The van der Waals surface area contributed by atoms with Gasteiger partial charge in [0.25, 0.3) is 0 Å². The van der Waals surface area contributed by atoms with Gasteiger partial charge in [0.05, 0.1) is 11.8 Å². The van der Waals surface area contributed by atoms with Crippen molar-refractivity contribution in [3.05, 3.63) is 11.6 Å². The molecule has 6 nitrogen and oxygen atoms in total. The number of fused-ring (bicyclic) bond motifs is 5. The standard InChI is InChI=1S/C24H37NO5/c1-14(25-28)24(29-5)21(27)13-20-18-7-6-16-12-17(30-15(2)26)8-10-22(16,3)19(18)9-11-23(20,24)4/h6,17-21,27-28H,7-13H2,1-5H3/b25-14-/t17-,18-,19-,20-,21-,22+,23+,24-/m1/s1. The van der Waals surface area contributed by atoms with Gasteiger partial charge in [0.2, 0.25) is 0 Å². The normalized spacial score (nSPS) is 48.3. The zero-order valence-corrected chi connectivity index (χ0v) is 19.0. The van der Waals surface area contributed by atoms with Crippen LogP contribution in [0.25, 0.3) is 0 Å². The van der Waals surface area contributed by atoms with E-state index in [2.05, 4.69) is 25.1 Å². The van der Waals surface area contributed by atoms with Gasteiger partial charge in [0.1, 0.15) is 11.7 Å². The van der Waals surface area contributed by atoms with Crippen molar-refractivity contribution in [2.45, 2.75) is 90.4 Å². The Bertz CT molecular complexity index is 778. The first-order chi connectivity index (χ1) is 14.1. The van der Waals surface area contributed by atoms with Crippen LogP contribution < -0.4 is 0 Å². The van der Waals surface area contributed by atoms with Gasteiger partial charge in [0.15, 0.2) is 0 Å². The van der Waals surface area contributed by atoms with Crippen LogP contribution in [0.1, 0.15) is 72.6 Å². The number of rotatable bonds is 3. The molecule has 0 aromatic rings. The molecule has 30 heavy (non-hydrogen) atoms. The number of esters is 1. The Labute approximate surface area is 179 Å². The third-order valence-corrected chi connectivity index (χ3v) is 9.59. The zero-order valence-electron chi connectivity index (χ0n) is 19.0. The number of aliphatic hydroxyl groups is 1. The van der Waals surface area contributed by atoms with E-state index >= 15 is 0 Å². The molecule has 0 aromatic heterocycles. The predicted octanol–water partition coefficient (Wildman–Crippen LogP) is 4.09. The molecule has 0 spiro atoms. The van der Waals surface area contributed by atoms with Crippen LogP contribution in [0.2, 0.25) is 0 Å².